The van der Waals surface area contributed by atoms with E-state index in [0.717, 1.165) is 6.54 Å². The number of hydrogen-bond acceptors (Lipinski definition) is 1. The zero-order valence-corrected chi connectivity index (χ0v) is 12.5. The highest BCUT2D eigenvalue weighted by molar-refractivity contribution is 5.80. The van der Waals surface area contributed by atoms with E-state index in [-0.39, 0.29) is 0 Å². The molecule has 2 unspecified atom stereocenters. The van der Waals surface area contributed by atoms with Crippen LogP contribution in [0.5, 0.6) is 0 Å². The standard InChI is InChI=1S/C19H20N2/c1-13-16-5-3-4-6-17(16)18(12-21(13)2)15-8-7-14-9-10-20-19(14)11-15/h3-11,13,18,20H,12H2,1-2H3. The number of nitrogens with one attached hydrogen (secondary N) is 1. The van der Waals surface area contributed by atoms with Crippen LogP contribution in [-0.4, -0.2) is 23.5 Å². The summed E-state index contributed by atoms with van der Waals surface area (Å²) in [6.07, 6.45) is 2.01. The minimum atomic E-state index is 0.454. The molecular weight excluding hydrogens is 256 g/mol. The maximum absolute atomic E-state index is 3.33. The summed E-state index contributed by atoms with van der Waals surface area (Å²) in [4.78, 5) is 5.78. The van der Waals surface area contributed by atoms with E-state index in [9.17, 15) is 0 Å². The molecule has 3 aromatic rings. The van der Waals surface area contributed by atoms with Crippen LogP contribution in [0.15, 0.2) is 54.7 Å². The van der Waals surface area contributed by atoms with Gasteiger partial charge in [0.1, 0.15) is 0 Å². The molecule has 2 heteroatoms. The molecule has 2 nitrogen and oxygen atoms in total. The van der Waals surface area contributed by atoms with E-state index in [4.69, 9.17) is 0 Å². The van der Waals surface area contributed by atoms with Gasteiger partial charge in [-0.05, 0) is 48.2 Å². The van der Waals surface area contributed by atoms with Crippen LogP contribution in [0, 0.1) is 0 Å². The lowest BCUT2D eigenvalue weighted by Crippen LogP contribution is -2.34. The molecule has 2 heterocycles. The molecule has 0 bridgehead atoms. The summed E-state index contributed by atoms with van der Waals surface area (Å²) in [5.41, 5.74) is 5.57. The average Bonchev–Trinajstić information content (AvgIpc) is 2.98. The minimum absolute atomic E-state index is 0.454. The van der Waals surface area contributed by atoms with Gasteiger partial charge in [-0.25, -0.2) is 0 Å². The maximum atomic E-state index is 3.33. The quantitative estimate of drug-likeness (QED) is 0.702. The van der Waals surface area contributed by atoms with Crippen molar-refractivity contribution >= 4 is 10.9 Å². The highest BCUT2D eigenvalue weighted by Crippen LogP contribution is 2.38. The van der Waals surface area contributed by atoms with Gasteiger partial charge < -0.3 is 4.98 Å². The van der Waals surface area contributed by atoms with Gasteiger partial charge in [0.05, 0.1) is 0 Å². The van der Waals surface area contributed by atoms with Gasteiger partial charge in [-0.1, -0.05) is 36.4 Å². The zero-order chi connectivity index (χ0) is 14.4. The van der Waals surface area contributed by atoms with Crippen LogP contribution in [0.1, 0.15) is 35.6 Å². The van der Waals surface area contributed by atoms with Crippen LogP contribution in [-0.2, 0) is 0 Å². The van der Waals surface area contributed by atoms with Crippen molar-refractivity contribution in [2.24, 2.45) is 0 Å². The van der Waals surface area contributed by atoms with Gasteiger partial charge in [0, 0.05) is 30.2 Å². The monoisotopic (exact) mass is 276 g/mol. The van der Waals surface area contributed by atoms with Crippen LogP contribution in [0.4, 0.5) is 0 Å². The van der Waals surface area contributed by atoms with Gasteiger partial charge >= 0.3 is 0 Å². The molecule has 1 aliphatic heterocycles. The first kappa shape index (κ1) is 12.7. The predicted molar refractivity (Wildman–Crippen MR) is 87.6 cm³/mol. The lowest BCUT2D eigenvalue weighted by Gasteiger charge is -2.37. The van der Waals surface area contributed by atoms with Crippen molar-refractivity contribution in [2.45, 2.75) is 18.9 Å². The number of benzene rings is 2. The number of hydrogen-bond donors (Lipinski definition) is 1. The van der Waals surface area contributed by atoms with Gasteiger partial charge in [0.15, 0.2) is 0 Å². The molecule has 0 aliphatic carbocycles. The Bertz CT molecular complexity index is 787. The van der Waals surface area contributed by atoms with E-state index in [1.54, 1.807) is 0 Å². The minimum Gasteiger partial charge on any atom is -0.361 e. The Morgan fingerprint density at radius 1 is 1.05 bits per heavy atom. The van der Waals surface area contributed by atoms with Gasteiger partial charge in [-0.3, -0.25) is 4.90 Å². The van der Waals surface area contributed by atoms with Crippen molar-refractivity contribution in [2.75, 3.05) is 13.6 Å². The van der Waals surface area contributed by atoms with Gasteiger partial charge in [-0.15, -0.1) is 0 Å². The van der Waals surface area contributed by atoms with Crippen molar-refractivity contribution in [1.29, 1.82) is 0 Å². The molecule has 1 aliphatic rings. The summed E-state index contributed by atoms with van der Waals surface area (Å²) >= 11 is 0. The molecule has 0 saturated heterocycles. The Morgan fingerprint density at radius 2 is 1.86 bits per heavy atom. The molecule has 1 aromatic heterocycles. The normalized spacial score (nSPS) is 22.4. The molecule has 21 heavy (non-hydrogen) atoms. The summed E-state index contributed by atoms with van der Waals surface area (Å²) < 4.78 is 0. The fourth-order valence-corrected chi connectivity index (χ4v) is 3.56. The molecule has 2 atom stereocenters. The molecule has 1 N–H and O–H groups in total. The Morgan fingerprint density at radius 3 is 2.71 bits per heavy atom. The third-order valence-electron chi connectivity index (χ3n) is 4.93. The number of nitrogens with zero attached hydrogens (tertiary/aromatic N) is 1. The Balaban J connectivity index is 1.85. The summed E-state index contributed by atoms with van der Waals surface area (Å²) in [5, 5.41) is 1.28. The summed E-state index contributed by atoms with van der Waals surface area (Å²) in [6.45, 7) is 3.37. The fraction of sp³-hybridized carbons (Fsp3) is 0.263. The van der Waals surface area contributed by atoms with E-state index >= 15 is 0 Å². The van der Waals surface area contributed by atoms with Crippen molar-refractivity contribution in [3.8, 4) is 0 Å². The van der Waals surface area contributed by atoms with Crippen LogP contribution in [0.3, 0.4) is 0 Å². The summed E-state index contributed by atoms with van der Waals surface area (Å²) in [6, 6.07) is 18.3. The SMILES string of the molecule is CC1c2ccccc2C(c2ccc3cc[nH]c3c2)CN1C. The third kappa shape index (κ3) is 1.98. The van der Waals surface area contributed by atoms with E-state index in [2.05, 4.69) is 72.4 Å². The first-order valence-corrected chi connectivity index (χ1v) is 7.60. The molecule has 0 spiro atoms. The molecule has 2 aromatic carbocycles. The Hall–Kier alpha value is -2.06. The lowest BCUT2D eigenvalue weighted by molar-refractivity contribution is 0.234. The lowest BCUT2D eigenvalue weighted by atomic mass is 9.82. The second kappa shape index (κ2) is 4.74. The van der Waals surface area contributed by atoms with Crippen molar-refractivity contribution in [3.63, 3.8) is 0 Å². The fourth-order valence-electron chi connectivity index (χ4n) is 3.56. The molecule has 0 radical (unpaired) electrons. The van der Waals surface area contributed by atoms with E-state index in [0.29, 0.717) is 12.0 Å². The zero-order valence-electron chi connectivity index (χ0n) is 12.5. The first-order valence-electron chi connectivity index (χ1n) is 7.60. The third-order valence-corrected chi connectivity index (χ3v) is 4.93. The van der Waals surface area contributed by atoms with E-state index < -0.39 is 0 Å². The molecular formula is C19H20N2. The average molecular weight is 276 g/mol. The molecule has 0 fully saturated rings. The smallest absolute Gasteiger partial charge is 0.0456 e. The summed E-state index contributed by atoms with van der Waals surface area (Å²) in [5.74, 6) is 0.454. The number of aromatic nitrogens is 1. The van der Waals surface area contributed by atoms with Gasteiger partial charge in [0.2, 0.25) is 0 Å². The van der Waals surface area contributed by atoms with Crippen molar-refractivity contribution in [1.82, 2.24) is 9.88 Å². The number of H-pyrrole nitrogens is 1. The van der Waals surface area contributed by atoms with Crippen LogP contribution in [0.2, 0.25) is 0 Å². The second-order valence-electron chi connectivity index (χ2n) is 6.12. The van der Waals surface area contributed by atoms with Gasteiger partial charge in [-0.2, -0.15) is 0 Å². The van der Waals surface area contributed by atoms with Crippen LogP contribution < -0.4 is 0 Å². The Labute approximate surface area is 125 Å². The van der Waals surface area contributed by atoms with Crippen molar-refractivity contribution in [3.05, 3.63) is 71.4 Å². The van der Waals surface area contributed by atoms with Gasteiger partial charge in [0.25, 0.3) is 0 Å². The predicted octanol–water partition coefficient (Wildman–Crippen LogP) is 4.31. The van der Waals surface area contributed by atoms with Crippen LogP contribution in [0.25, 0.3) is 10.9 Å². The number of aromatic amines is 1. The second-order valence-corrected chi connectivity index (χ2v) is 6.12. The number of likely N-dealkylation sites (N-methyl/N-ethyl adjacent to an activating group) is 1. The first-order chi connectivity index (χ1) is 10.2. The highest BCUT2D eigenvalue weighted by atomic mass is 15.1. The van der Waals surface area contributed by atoms with Crippen LogP contribution >= 0.6 is 0 Å². The molecule has 0 saturated carbocycles. The Kier molecular flexibility index (Phi) is 2.86. The summed E-state index contributed by atoms with van der Waals surface area (Å²) in [7, 11) is 2.22. The van der Waals surface area contributed by atoms with Crippen molar-refractivity contribution < 1.29 is 0 Å². The largest absolute Gasteiger partial charge is 0.361 e. The number of rotatable bonds is 1. The van der Waals surface area contributed by atoms with E-state index in [1.807, 2.05) is 6.20 Å². The van der Waals surface area contributed by atoms with E-state index in [1.165, 1.54) is 27.6 Å². The maximum Gasteiger partial charge on any atom is 0.0456 e. The highest BCUT2D eigenvalue weighted by Gasteiger charge is 2.29. The number of fused-ring (bicyclic) bond motifs is 2. The molecule has 106 valence electrons. The molecule has 4 rings (SSSR count). The topological polar surface area (TPSA) is 19.0 Å². The molecule has 0 amide bonds.